The average molecular weight is 729 g/mol. The summed E-state index contributed by atoms with van der Waals surface area (Å²) in [6.07, 6.45) is 31.3. The topological polar surface area (TPSA) is 127 Å². The van der Waals surface area contributed by atoms with Gasteiger partial charge in [0.05, 0.1) is 20.4 Å². The monoisotopic (exact) mass is 729 g/mol. The summed E-state index contributed by atoms with van der Waals surface area (Å²) in [5, 5.41) is 8.35. The molecule has 2 atom stereocenters. The van der Waals surface area contributed by atoms with Crippen LogP contribution in [0.3, 0.4) is 0 Å². The summed E-state index contributed by atoms with van der Waals surface area (Å²) in [5.41, 5.74) is 0. The molecular weight excluding hydrogens is 648 g/mol. The van der Waals surface area contributed by atoms with E-state index in [9.17, 15) is 14.4 Å². The molecule has 0 fully saturated rings. The van der Waals surface area contributed by atoms with Gasteiger partial charge in [-0.15, -0.1) is 0 Å². The minimum atomic E-state index is -0.822. The smallest absolute Gasteiger partial charge is 0.339 e. The first kappa shape index (κ1) is 48.9. The second kappa shape index (κ2) is 37.6. The van der Waals surface area contributed by atoms with Gasteiger partial charge in [0.25, 0.3) is 0 Å². The van der Waals surface area contributed by atoms with E-state index in [-0.39, 0.29) is 12.1 Å². The maximum absolute atomic E-state index is 13.4. The Labute approximate surface area is 312 Å². The lowest BCUT2D eigenvalue weighted by atomic mass is 10.0. The molecule has 11 nitrogen and oxygen atoms in total. The molecule has 0 aromatic rings. The lowest BCUT2D eigenvalue weighted by molar-refractivity contribution is -0.213. The van der Waals surface area contributed by atoms with E-state index in [4.69, 9.17) is 0 Å². The SMILES string of the molecule is CCCCCCCCCCCCCCN(CCCCCCCCCCCCCC)C(C)NC(=O)C(CCCCNC(=O)OOC)NC(=O)OOC. The summed E-state index contributed by atoms with van der Waals surface area (Å²) in [6, 6.07) is -0.804. The zero-order chi connectivity index (χ0) is 37.6. The summed E-state index contributed by atoms with van der Waals surface area (Å²) in [5.74, 6) is -0.267. The van der Waals surface area contributed by atoms with Gasteiger partial charge in [-0.25, -0.2) is 9.59 Å². The van der Waals surface area contributed by atoms with E-state index in [1.54, 1.807) is 0 Å². The van der Waals surface area contributed by atoms with Crippen LogP contribution in [0.15, 0.2) is 0 Å². The molecule has 302 valence electrons. The molecule has 0 aliphatic rings. The predicted molar refractivity (Wildman–Crippen MR) is 207 cm³/mol. The van der Waals surface area contributed by atoms with Crippen LogP contribution >= 0.6 is 0 Å². The van der Waals surface area contributed by atoms with Gasteiger partial charge < -0.3 is 16.0 Å². The van der Waals surface area contributed by atoms with Crippen LogP contribution in [0.1, 0.15) is 194 Å². The number of hydrogen-bond donors (Lipinski definition) is 3. The van der Waals surface area contributed by atoms with Gasteiger partial charge in [0.2, 0.25) is 5.91 Å². The van der Waals surface area contributed by atoms with Crippen LogP contribution in [-0.4, -0.2) is 69.1 Å². The van der Waals surface area contributed by atoms with Gasteiger partial charge >= 0.3 is 12.2 Å². The van der Waals surface area contributed by atoms with Crippen LogP contribution in [0.2, 0.25) is 0 Å². The van der Waals surface area contributed by atoms with Crippen molar-refractivity contribution < 1.29 is 33.9 Å². The van der Waals surface area contributed by atoms with Crippen molar-refractivity contribution in [3.8, 4) is 0 Å². The van der Waals surface area contributed by atoms with E-state index in [1.807, 2.05) is 6.92 Å². The Morgan fingerprint density at radius 3 is 1.31 bits per heavy atom. The highest BCUT2D eigenvalue weighted by atomic mass is 17.2. The van der Waals surface area contributed by atoms with Crippen molar-refractivity contribution in [3.63, 3.8) is 0 Å². The van der Waals surface area contributed by atoms with Crippen molar-refractivity contribution in [1.29, 1.82) is 0 Å². The van der Waals surface area contributed by atoms with Crippen molar-refractivity contribution in [2.75, 3.05) is 33.9 Å². The van der Waals surface area contributed by atoms with E-state index in [0.29, 0.717) is 25.8 Å². The van der Waals surface area contributed by atoms with Gasteiger partial charge in [-0.05, 0) is 39.0 Å². The number of carbonyl (C=O) groups is 3. The van der Waals surface area contributed by atoms with Gasteiger partial charge in [0.1, 0.15) is 6.04 Å². The standard InChI is InChI=1S/C40H80N4O7/c1-6-8-10-12-14-16-18-20-22-24-26-30-34-44(35-31-27-25-23-21-19-17-15-13-11-9-7-2)36(3)42-38(45)37(43-40(47)51-49-5)32-28-29-33-41-39(46)50-48-4/h36-37H,6-35H2,1-5H3,(H,41,46)(H,42,45)(H,43,47). The first-order valence-electron chi connectivity index (χ1n) is 20.9. The zero-order valence-corrected chi connectivity index (χ0v) is 33.7. The molecule has 0 saturated heterocycles. The first-order valence-corrected chi connectivity index (χ1v) is 20.9. The molecule has 3 N–H and O–H groups in total. The van der Waals surface area contributed by atoms with Gasteiger partial charge in [0.15, 0.2) is 0 Å². The second-order valence-corrected chi connectivity index (χ2v) is 14.2. The Morgan fingerprint density at radius 1 is 0.510 bits per heavy atom. The summed E-state index contributed by atoms with van der Waals surface area (Å²) in [4.78, 5) is 57.3. The summed E-state index contributed by atoms with van der Waals surface area (Å²) in [7, 11) is 2.50. The van der Waals surface area contributed by atoms with Gasteiger partial charge in [-0.1, -0.05) is 155 Å². The van der Waals surface area contributed by atoms with Crippen LogP contribution in [0.25, 0.3) is 0 Å². The molecule has 0 heterocycles. The Morgan fingerprint density at radius 2 is 0.902 bits per heavy atom. The fourth-order valence-electron chi connectivity index (χ4n) is 6.49. The van der Waals surface area contributed by atoms with Gasteiger partial charge in [-0.3, -0.25) is 19.5 Å². The van der Waals surface area contributed by atoms with Crippen LogP contribution in [-0.2, 0) is 24.3 Å². The van der Waals surface area contributed by atoms with E-state index >= 15 is 0 Å². The fourth-order valence-corrected chi connectivity index (χ4v) is 6.49. The Bertz CT molecular complexity index is 777. The van der Waals surface area contributed by atoms with Gasteiger partial charge in [-0.2, -0.15) is 9.78 Å². The Balaban J connectivity index is 4.86. The van der Waals surface area contributed by atoms with Crippen LogP contribution in [0.4, 0.5) is 9.59 Å². The molecule has 0 aliphatic carbocycles. The minimum Gasteiger partial charge on any atom is -0.339 e. The second-order valence-electron chi connectivity index (χ2n) is 14.2. The van der Waals surface area contributed by atoms with E-state index in [0.717, 1.165) is 25.9 Å². The van der Waals surface area contributed by atoms with Crippen molar-refractivity contribution in [1.82, 2.24) is 20.9 Å². The number of unbranched alkanes of at least 4 members (excludes halogenated alkanes) is 23. The predicted octanol–water partition coefficient (Wildman–Crippen LogP) is 10.3. The van der Waals surface area contributed by atoms with Crippen LogP contribution < -0.4 is 16.0 Å². The molecule has 0 spiro atoms. The summed E-state index contributed by atoms with van der Waals surface area (Å²) < 4.78 is 0. The molecule has 3 amide bonds. The third-order valence-corrected chi connectivity index (χ3v) is 9.61. The number of nitrogens with one attached hydrogen (secondary N) is 3. The van der Waals surface area contributed by atoms with E-state index in [2.05, 4.69) is 54.2 Å². The highest BCUT2D eigenvalue weighted by Crippen LogP contribution is 2.15. The third kappa shape index (κ3) is 32.3. The molecule has 0 radical (unpaired) electrons. The number of nitrogens with zero attached hydrogens (tertiary/aromatic N) is 1. The molecule has 0 rings (SSSR count). The fraction of sp³-hybridized carbons (Fsp3) is 0.925. The maximum atomic E-state index is 13.4. The summed E-state index contributed by atoms with van der Waals surface area (Å²) in [6.45, 7) is 8.79. The van der Waals surface area contributed by atoms with Crippen LogP contribution in [0.5, 0.6) is 0 Å². The first-order chi connectivity index (χ1) is 24.9. The molecule has 0 aromatic carbocycles. The quantitative estimate of drug-likeness (QED) is 0.0250. The molecule has 0 aliphatic heterocycles. The molecule has 11 heteroatoms. The van der Waals surface area contributed by atoms with Crippen molar-refractivity contribution in [3.05, 3.63) is 0 Å². The summed E-state index contributed by atoms with van der Waals surface area (Å²) >= 11 is 0. The highest BCUT2D eigenvalue weighted by Gasteiger charge is 2.25. The number of hydrogen-bond acceptors (Lipinski definition) is 8. The van der Waals surface area contributed by atoms with Crippen LogP contribution in [0, 0.1) is 0 Å². The molecule has 0 bridgehead atoms. The molecule has 0 saturated carbocycles. The third-order valence-electron chi connectivity index (χ3n) is 9.61. The average Bonchev–Trinajstić information content (AvgIpc) is 3.11. The molecule has 51 heavy (non-hydrogen) atoms. The zero-order valence-electron chi connectivity index (χ0n) is 33.7. The Kier molecular flexibility index (Phi) is 36.1. The van der Waals surface area contributed by atoms with E-state index < -0.39 is 18.2 Å². The Hall–Kier alpha value is -2.11. The number of carbonyl (C=O) groups excluding carboxylic acids is 3. The lowest BCUT2D eigenvalue weighted by Crippen LogP contribution is -2.54. The van der Waals surface area contributed by atoms with E-state index in [1.165, 1.54) is 155 Å². The largest absolute Gasteiger partial charge is 0.439 e. The number of amides is 3. The van der Waals surface area contributed by atoms with Gasteiger partial charge in [0, 0.05) is 19.6 Å². The normalized spacial score (nSPS) is 12.4. The molecule has 0 aromatic heterocycles. The minimum absolute atomic E-state index is 0.175. The van der Waals surface area contributed by atoms with Crippen molar-refractivity contribution in [2.24, 2.45) is 0 Å². The highest BCUT2D eigenvalue weighted by molar-refractivity contribution is 5.85. The number of rotatable bonds is 37. The lowest BCUT2D eigenvalue weighted by Gasteiger charge is -2.31. The molecular formula is C40H80N4O7. The van der Waals surface area contributed by atoms with Crippen molar-refractivity contribution in [2.45, 2.75) is 206 Å². The maximum Gasteiger partial charge on any atom is 0.439 e. The molecule has 2 unspecified atom stereocenters. The van der Waals surface area contributed by atoms with Crippen molar-refractivity contribution >= 4 is 18.1 Å².